The molecule has 0 aromatic heterocycles. The molecule has 3 unspecified atom stereocenters. The third kappa shape index (κ3) is 63.5. The highest BCUT2D eigenvalue weighted by atomic mass is 31.2. The lowest BCUT2D eigenvalue weighted by Gasteiger charge is -2.21. The number of phosphoric ester groups is 2. The Kier molecular flexibility index (Phi) is 61.8. The molecule has 0 aromatic rings. The summed E-state index contributed by atoms with van der Waals surface area (Å²) in [7, 11) is -9.90. The molecule has 0 radical (unpaired) electrons. The van der Waals surface area contributed by atoms with Gasteiger partial charge in [0.15, 0.2) is 12.2 Å². The summed E-state index contributed by atoms with van der Waals surface area (Å²) in [4.78, 5) is 72.5. The zero-order valence-corrected chi connectivity index (χ0v) is 60.2. The second kappa shape index (κ2) is 63.1. The Morgan fingerprint density at radius 3 is 0.844 bits per heavy atom. The van der Waals surface area contributed by atoms with Crippen LogP contribution in [-0.4, -0.2) is 96.7 Å². The number of carbonyl (C=O) groups is 4. The maximum Gasteiger partial charge on any atom is 0.472 e. The fourth-order valence-electron chi connectivity index (χ4n) is 10.7. The number of aliphatic hydroxyl groups is 1. The van der Waals surface area contributed by atoms with E-state index in [0.717, 1.165) is 108 Å². The normalized spacial score (nSPS) is 14.4. The number of unbranched alkanes of at least 4 members (excludes halogenated alkanes) is 39. The van der Waals surface area contributed by atoms with Crippen molar-refractivity contribution >= 4 is 39.5 Å². The van der Waals surface area contributed by atoms with E-state index < -0.39 is 97.5 Å². The predicted octanol–water partition coefficient (Wildman–Crippen LogP) is 20.4. The minimum Gasteiger partial charge on any atom is -0.462 e. The van der Waals surface area contributed by atoms with Crippen LogP contribution in [0, 0.1) is 11.8 Å². The van der Waals surface area contributed by atoms with E-state index in [1.807, 2.05) is 0 Å². The molecule has 0 saturated heterocycles. The highest BCUT2D eigenvalue weighted by molar-refractivity contribution is 7.47. The Hall–Kier alpha value is -1.94. The molecule has 0 spiro atoms. The number of hydrogen-bond acceptors (Lipinski definition) is 15. The molecule has 19 heteroatoms. The van der Waals surface area contributed by atoms with Crippen LogP contribution in [0.15, 0.2) is 0 Å². The number of aliphatic hydroxyl groups excluding tert-OH is 1. The SMILES string of the molecule is CCCCCCCCCCCCCCCCCCC(=O)O[C@H](COC(=O)CCCCCCCCCCCCCC(C)C)COP(=O)(O)OC[C@@H](O)COP(=O)(O)OC[C@@H](COC(=O)CCCCCCCCCC)OC(=O)CCCCCCCCCCC(C)CC. The van der Waals surface area contributed by atoms with Crippen molar-refractivity contribution in [1.82, 2.24) is 0 Å². The van der Waals surface area contributed by atoms with Crippen molar-refractivity contribution < 1.29 is 80.2 Å². The van der Waals surface area contributed by atoms with Crippen LogP contribution in [0.5, 0.6) is 0 Å². The van der Waals surface area contributed by atoms with Crippen molar-refractivity contribution in [3.05, 3.63) is 0 Å². The fourth-order valence-corrected chi connectivity index (χ4v) is 12.3. The molecule has 6 atom stereocenters. The summed E-state index contributed by atoms with van der Waals surface area (Å²) in [5.74, 6) is -0.584. The van der Waals surface area contributed by atoms with E-state index in [9.17, 15) is 43.2 Å². The van der Waals surface area contributed by atoms with Crippen LogP contribution >= 0.6 is 15.6 Å². The second-order valence-electron chi connectivity index (χ2n) is 26.3. The minimum atomic E-state index is -4.95. The quantitative estimate of drug-likeness (QED) is 0.0222. The topological polar surface area (TPSA) is 237 Å². The molecular formula is C71H138O17P2. The van der Waals surface area contributed by atoms with E-state index in [0.29, 0.717) is 25.7 Å². The molecule has 0 heterocycles. The van der Waals surface area contributed by atoms with Crippen molar-refractivity contribution in [2.24, 2.45) is 11.8 Å². The lowest BCUT2D eigenvalue weighted by Crippen LogP contribution is -2.30. The summed E-state index contributed by atoms with van der Waals surface area (Å²) < 4.78 is 68.3. The van der Waals surface area contributed by atoms with Gasteiger partial charge >= 0.3 is 39.5 Å². The first-order chi connectivity index (χ1) is 43.4. The first kappa shape index (κ1) is 88.1. The predicted molar refractivity (Wildman–Crippen MR) is 363 cm³/mol. The van der Waals surface area contributed by atoms with Gasteiger partial charge < -0.3 is 33.8 Å². The monoisotopic (exact) mass is 1320 g/mol. The maximum atomic E-state index is 13.0. The molecule has 0 fully saturated rings. The van der Waals surface area contributed by atoms with Crippen molar-refractivity contribution in [2.45, 2.75) is 381 Å². The number of phosphoric acid groups is 2. The highest BCUT2D eigenvalue weighted by Gasteiger charge is 2.30. The van der Waals surface area contributed by atoms with Crippen LogP contribution in [0.4, 0.5) is 0 Å². The molecule has 17 nitrogen and oxygen atoms in total. The molecular weight excluding hydrogens is 1190 g/mol. The van der Waals surface area contributed by atoms with Crippen LogP contribution in [0.2, 0.25) is 0 Å². The van der Waals surface area contributed by atoms with Gasteiger partial charge in [0.2, 0.25) is 0 Å². The van der Waals surface area contributed by atoms with Gasteiger partial charge in [0.05, 0.1) is 26.4 Å². The van der Waals surface area contributed by atoms with Crippen molar-refractivity contribution in [3.8, 4) is 0 Å². The van der Waals surface area contributed by atoms with Crippen molar-refractivity contribution in [1.29, 1.82) is 0 Å². The molecule has 0 aliphatic carbocycles. The van der Waals surface area contributed by atoms with Gasteiger partial charge in [-0.15, -0.1) is 0 Å². The van der Waals surface area contributed by atoms with E-state index >= 15 is 0 Å². The molecule has 534 valence electrons. The van der Waals surface area contributed by atoms with Crippen LogP contribution in [-0.2, 0) is 65.4 Å². The third-order valence-electron chi connectivity index (χ3n) is 16.8. The van der Waals surface area contributed by atoms with Gasteiger partial charge in [-0.2, -0.15) is 0 Å². The maximum absolute atomic E-state index is 13.0. The van der Waals surface area contributed by atoms with Gasteiger partial charge in [0, 0.05) is 25.7 Å². The first-order valence-electron chi connectivity index (χ1n) is 37.0. The van der Waals surface area contributed by atoms with E-state index in [-0.39, 0.29) is 25.7 Å². The number of ether oxygens (including phenoxy) is 4. The summed E-state index contributed by atoms with van der Waals surface area (Å²) in [6.07, 6.45) is 48.5. The van der Waals surface area contributed by atoms with Gasteiger partial charge in [0.1, 0.15) is 19.3 Å². The number of carbonyl (C=O) groups excluding carboxylic acids is 4. The molecule has 90 heavy (non-hydrogen) atoms. The smallest absolute Gasteiger partial charge is 0.462 e. The Morgan fingerprint density at radius 2 is 0.567 bits per heavy atom. The van der Waals surface area contributed by atoms with Gasteiger partial charge in [-0.3, -0.25) is 37.3 Å². The molecule has 0 amide bonds. The lowest BCUT2D eigenvalue weighted by molar-refractivity contribution is -0.161. The first-order valence-corrected chi connectivity index (χ1v) is 40.0. The average molecular weight is 1330 g/mol. The summed E-state index contributed by atoms with van der Waals surface area (Å²) in [6.45, 7) is 9.54. The molecule has 0 aliphatic rings. The van der Waals surface area contributed by atoms with Crippen LogP contribution in [0.1, 0.15) is 363 Å². The lowest BCUT2D eigenvalue weighted by atomic mass is 9.99. The Balaban J connectivity index is 5.23. The molecule has 0 aromatic carbocycles. The van der Waals surface area contributed by atoms with Gasteiger partial charge in [-0.05, 0) is 37.5 Å². The Morgan fingerprint density at radius 1 is 0.322 bits per heavy atom. The zero-order valence-electron chi connectivity index (χ0n) is 58.4. The minimum absolute atomic E-state index is 0.105. The summed E-state index contributed by atoms with van der Waals surface area (Å²) in [5.41, 5.74) is 0. The van der Waals surface area contributed by atoms with Crippen molar-refractivity contribution in [2.75, 3.05) is 39.6 Å². The number of rotatable bonds is 70. The fraction of sp³-hybridized carbons (Fsp3) is 0.944. The van der Waals surface area contributed by atoms with Gasteiger partial charge in [0.25, 0.3) is 0 Å². The average Bonchev–Trinajstić information content (AvgIpc) is 3.17. The molecule has 0 rings (SSSR count). The second-order valence-corrected chi connectivity index (χ2v) is 29.3. The standard InChI is InChI=1S/C71H138O17P2/c1-7-10-12-14-16-18-19-20-21-22-23-26-30-37-43-49-55-70(75)87-67(60-82-69(74)54-48-42-36-29-27-24-25-28-33-39-45-51-63(4)5)62-86-90(79,80)84-58-65(72)57-83-89(77,78)85-61-66(59-81-68(73)53-47-41-35-17-15-13-11-8-2)88-71(76)56-50-44-38-32-31-34-40-46-52-64(6)9-3/h63-67,72H,7-62H2,1-6H3,(H,77,78)(H,79,80)/t64?,65-,66+,67+/m0/s1. The zero-order chi connectivity index (χ0) is 66.5. The summed E-state index contributed by atoms with van der Waals surface area (Å²) in [6, 6.07) is 0. The van der Waals surface area contributed by atoms with E-state index in [1.54, 1.807) is 0 Å². The van der Waals surface area contributed by atoms with E-state index in [2.05, 4.69) is 41.5 Å². The van der Waals surface area contributed by atoms with Crippen LogP contribution < -0.4 is 0 Å². The van der Waals surface area contributed by atoms with Crippen LogP contribution in [0.25, 0.3) is 0 Å². The van der Waals surface area contributed by atoms with Gasteiger partial charge in [-0.25, -0.2) is 9.13 Å². The molecule has 0 aliphatic heterocycles. The van der Waals surface area contributed by atoms with Crippen molar-refractivity contribution in [3.63, 3.8) is 0 Å². The number of esters is 4. The van der Waals surface area contributed by atoms with Crippen LogP contribution in [0.3, 0.4) is 0 Å². The summed E-state index contributed by atoms with van der Waals surface area (Å²) >= 11 is 0. The largest absolute Gasteiger partial charge is 0.472 e. The Labute approximate surface area is 549 Å². The third-order valence-corrected chi connectivity index (χ3v) is 18.7. The highest BCUT2D eigenvalue weighted by Crippen LogP contribution is 2.45. The molecule has 0 saturated carbocycles. The van der Waals surface area contributed by atoms with Gasteiger partial charge in [-0.1, -0.05) is 311 Å². The summed E-state index contributed by atoms with van der Waals surface area (Å²) in [5, 5.41) is 10.6. The number of hydrogen-bond donors (Lipinski definition) is 3. The molecule has 0 bridgehead atoms. The van der Waals surface area contributed by atoms with E-state index in [1.165, 1.54) is 173 Å². The van der Waals surface area contributed by atoms with E-state index in [4.69, 9.17) is 37.0 Å². The molecule has 3 N–H and O–H groups in total. The Bertz CT molecular complexity index is 1750.